The summed E-state index contributed by atoms with van der Waals surface area (Å²) in [5.74, 6) is -0.843. The van der Waals surface area contributed by atoms with Gasteiger partial charge in [-0.05, 0) is 26.3 Å². The van der Waals surface area contributed by atoms with Crippen molar-refractivity contribution in [1.82, 2.24) is 4.90 Å². The normalized spacial score (nSPS) is 17.9. The molecule has 3 heteroatoms. The summed E-state index contributed by atoms with van der Waals surface area (Å²) in [5.41, 5.74) is 0.932. The summed E-state index contributed by atoms with van der Waals surface area (Å²) in [6.45, 7) is 5.80. The van der Waals surface area contributed by atoms with Gasteiger partial charge < -0.3 is 5.11 Å². The molecule has 0 amide bonds. The molecule has 1 aliphatic carbocycles. The van der Waals surface area contributed by atoms with E-state index in [1.807, 2.05) is 6.92 Å². The number of nitrogens with zero attached hydrogens (tertiary/aromatic N) is 1. The summed E-state index contributed by atoms with van der Waals surface area (Å²) in [6, 6.07) is 0.710. The molecule has 0 aromatic rings. The number of carboxylic acids is 1. The Labute approximate surface area is 79.0 Å². The van der Waals surface area contributed by atoms with E-state index in [-0.39, 0.29) is 0 Å². The lowest BCUT2D eigenvalue weighted by Gasteiger charge is -2.19. The Morgan fingerprint density at radius 1 is 1.62 bits per heavy atom. The quantitative estimate of drug-likeness (QED) is 0.657. The zero-order valence-electron chi connectivity index (χ0n) is 8.29. The molecule has 74 valence electrons. The van der Waals surface area contributed by atoms with Crippen LogP contribution in [0, 0.1) is 0 Å². The summed E-state index contributed by atoms with van der Waals surface area (Å²) in [5, 5.41) is 8.53. The van der Waals surface area contributed by atoms with Crippen LogP contribution in [0.15, 0.2) is 11.6 Å². The predicted octanol–water partition coefficient (Wildman–Crippen LogP) is 1.50. The van der Waals surface area contributed by atoms with Crippen LogP contribution in [-0.2, 0) is 4.79 Å². The van der Waals surface area contributed by atoms with Crippen LogP contribution in [0.3, 0.4) is 0 Å². The van der Waals surface area contributed by atoms with Crippen molar-refractivity contribution in [2.45, 2.75) is 32.7 Å². The number of hydrogen-bond acceptors (Lipinski definition) is 2. The van der Waals surface area contributed by atoms with Crippen LogP contribution in [0.4, 0.5) is 0 Å². The third-order valence-electron chi connectivity index (χ3n) is 2.29. The highest BCUT2D eigenvalue weighted by Crippen LogP contribution is 2.26. The highest BCUT2D eigenvalue weighted by molar-refractivity contribution is 5.80. The summed E-state index contributed by atoms with van der Waals surface area (Å²) in [6.07, 6.45) is 3.84. The Morgan fingerprint density at radius 2 is 2.23 bits per heavy atom. The fourth-order valence-electron chi connectivity index (χ4n) is 1.52. The second kappa shape index (κ2) is 4.42. The number of carboxylic acid groups (broad SMARTS) is 1. The van der Waals surface area contributed by atoms with Crippen LogP contribution >= 0.6 is 0 Å². The molecule has 0 spiro atoms. The van der Waals surface area contributed by atoms with E-state index in [2.05, 4.69) is 11.8 Å². The molecule has 3 nitrogen and oxygen atoms in total. The number of hydrogen-bond donors (Lipinski definition) is 1. The molecule has 0 radical (unpaired) electrons. The molecule has 1 aliphatic rings. The zero-order chi connectivity index (χ0) is 9.84. The fraction of sp³-hybridized carbons (Fsp3) is 0.700. The van der Waals surface area contributed by atoms with Crippen molar-refractivity contribution >= 4 is 5.97 Å². The summed E-state index contributed by atoms with van der Waals surface area (Å²) >= 11 is 0. The maximum absolute atomic E-state index is 10.4. The van der Waals surface area contributed by atoms with Gasteiger partial charge in [0.25, 0.3) is 0 Å². The third-order valence-corrected chi connectivity index (χ3v) is 2.29. The molecule has 0 aliphatic heterocycles. The second-order valence-corrected chi connectivity index (χ2v) is 3.62. The van der Waals surface area contributed by atoms with E-state index in [9.17, 15) is 4.79 Å². The molecule has 1 fully saturated rings. The van der Waals surface area contributed by atoms with E-state index in [0.717, 1.165) is 18.7 Å². The number of carbonyl (C=O) groups is 1. The maximum atomic E-state index is 10.4. The lowest BCUT2D eigenvalue weighted by atomic mass is 10.2. The molecule has 13 heavy (non-hydrogen) atoms. The summed E-state index contributed by atoms with van der Waals surface area (Å²) < 4.78 is 0. The molecule has 1 rings (SSSR count). The van der Waals surface area contributed by atoms with E-state index in [4.69, 9.17) is 5.11 Å². The molecule has 0 saturated heterocycles. The van der Waals surface area contributed by atoms with Crippen molar-refractivity contribution in [2.75, 3.05) is 13.1 Å². The standard InChI is InChI=1S/C10H17NO2/c1-3-11(9-4-5-9)7-8(2)6-10(12)13/h6,9H,3-5,7H2,1-2H3,(H,12,13). The molecule has 0 bridgehead atoms. The minimum atomic E-state index is -0.843. The van der Waals surface area contributed by atoms with Crippen molar-refractivity contribution < 1.29 is 9.90 Å². The fourth-order valence-corrected chi connectivity index (χ4v) is 1.52. The van der Waals surface area contributed by atoms with Gasteiger partial charge in [-0.15, -0.1) is 0 Å². The van der Waals surface area contributed by atoms with E-state index >= 15 is 0 Å². The van der Waals surface area contributed by atoms with Gasteiger partial charge in [0, 0.05) is 18.7 Å². The minimum absolute atomic E-state index is 0.710. The lowest BCUT2D eigenvalue weighted by Crippen LogP contribution is -2.27. The van der Waals surface area contributed by atoms with Gasteiger partial charge in [0.1, 0.15) is 0 Å². The smallest absolute Gasteiger partial charge is 0.328 e. The summed E-state index contributed by atoms with van der Waals surface area (Å²) in [7, 11) is 0. The van der Waals surface area contributed by atoms with E-state index < -0.39 is 5.97 Å². The van der Waals surface area contributed by atoms with Gasteiger partial charge in [0.15, 0.2) is 0 Å². The Balaban J connectivity index is 2.40. The first kappa shape index (κ1) is 10.3. The van der Waals surface area contributed by atoms with Crippen molar-refractivity contribution in [2.24, 2.45) is 0 Å². The Hall–Kier alpha value is -0.830. The summed E-state index contributed by atoms with van der Waals surface area (Å²) in [4.78, 5) is 12.7. The van der Waals surface area contributed by atoms with Crippen LogP contribution in [0.25, 0.3) is 0 Å². The topological polar surface area (TPSA) is 40.5 Å². The molecule has 0 unspecified atom stereocenters. The van der Waals surface area contributed by atoms with Crippen LogP contribution < -0.4 is 0 Å². The van der Waals surface area contributed by atoms with Crippen LogP contribution in [-0.4, -0.2) is 35.1 Å². The molecular formula is C10H17NO2. The molecule has 0 atom stereocenters. The number of rotatable bonds is 5. The molecule has 0 aromatic heterocycles. The molecule has 1 N–H and O–H groups in total. The maximum Gasteiger partial charge on any atom is 0.328 e. The zero-order valence-corrected chi connectivity index (χ0v) is 8.29. The molecular weight excluding hydrogens is 166 g/mol. The van der Waals surface area contributed by atoms with Gasteiger partial charge in [-0.1, -0.05) is 12.5 Å². The molecule has 1 saturated carbocycles. The first-order chi connectivity index (χ1) is 6.13. The highest BCUT2D eigenvalue weighted by atomic mass is 16.4. The molecule has 0 aromatic carbocycles. The van der Waals surface area contributed by atoms with Gasteiger partial charge in [-0.3, -0.25) is 4.90 Å². The Kier molecular flexibility index (Phi) is 3.48. The predicted molar refractivity (Wildman–Crippen MR) is 51.7 cm³/mol. The van der Waals surface area contributed by atoms with Crippen LogP contribution in [0.1, 0.15) is 26.7 Å². The van der Waals surface area contributed by atoms with Crippen LogP contribution in [0.5, 0.6) is 0 Å². The lowest BCUT2D eigenvalue weighted by molar-refractivity contribution is -0.131. The average Bonchev–Trinajstić information content (AvgIpc) is 2.81. The monoisotopic (exact) mass is 183 g/mol. The molecule has 0 heterocycles. The van der Waals surface area contributed by atoms with Gasteiger partial charge in [0.05, 0.1) is 0 Å². The third kappa shape index (κ3) is 3.59. The van der Waals surface area contributed by atoms with Gasteiger partial charge in [-0.25, -0.2) is 4.79 Å². The van der Waals surface area contributed by atoms with E-state index in [0.29, 0.717) is 6.04 Å². The highest BCUT2D eigenvalue weighted by Gasteiger charge is 2.27. The SMILES string of the molecule is CCN(CC(C)=CC(=O)O)C1CC1. The van der Waals surface area contributed by atoms with Crippen molar-refractivity contribution in [3.63, 3.8) is 0 Å². The number of likely N-dealkylation sites (N-methyl/N-ethyl adjacent to an activating group) is 1. The van der Waals surface area contributed by atoms with Gasteiger partial charge >= 0.3 is 5.97 Å². The van der Waals surface area contributed by atoms with Gasteiger partial charge in [0.2, 0.25) is 0 Å². The van der Waals surface area contributed by atoms with Gasteiger partial charge in [-0.2, -0.15) is 0 Å². The van der Waals surface area contributed by atoms with E-state index in [1.54, 1.807) is 0 Å². The Morgan fingerprint density at radius 3 is 2.62 bits per heavy atom. The van der Waals surface area contributed by atoms with Crippen LogP contribution in [0.2, 0.25) is 0 Å². The largest absolute Gasteiger partial charge is 0.478 e. The Bertz CT molecular complexity index is 219. The van der Waals surface area contributed by atoms with Crippen molar-refractivity contribution in [3.05, 3.63) is 11.6 Å². The second-order valence-electron chi connectivity index (χ2n) is 3.62. The van der Waals surface area contributed by atoms with Crippen molar-refractivity contribution in [3.8, 4) is 0 Å². The van der Waals surface area contributed by atoms with E-state index in [1.165, 1.54) is 18.9 Å². The number of aliphatic carboxylic acids is 1. The first-order valence-electron chi connectivity index (χ1n) is 4.77. The minimum Gasteiger partial charge on any atom is -0.478 e. The van der Waals surface area contributed by atoms with Crippen molar-refractivity contribution in [1.29, 1.82) is 0 Å². The first-order valence-corrected chi connectivity index (χ1v) is 4.77. The average molecular weight is 183 g/mol.